The molecule has 4 rings (SSSR count). The van der Waals surface area contributed by atoms with Gasteiger partial charge in [-0.2, -0.15) is 0 Å². The van der Waals surface area contributed by atoms with E-state index in [1.54, 1.807) is 7.11 Å². The zero-order valence-corrected chi connectivity index (χ0v) is 10.4. The Balaban J connectivity index is 1.55. The fourth-order valence-electron chi connectivity index (χ4n) is 3.06. The van der Waals surface area contributed by atoms with Gasteiger partial charge >= 0.3 is 5.97 Å². The second-order valence-corrected chi connectivity index (χ2v) is 5.72. The van der Waals surface area contributed by atoms with Gasteiger partial charge in [-0.15, -0.1) is 0 Å². The molecule has 94 valence electrons. The molecule has 0 unspecified atom stereocenters. The van der Waals surface area contributed by atoms with Crippen LogP contribution in [0.5, 0.6) is 0 Å². The second-order valence-electron chi connectivity index (χ2n) is 5.72. The van der Waals surface area contributed by atoms with Crippen molar-refractivity contribution in [3.8, 4) is 0 Å². The Morgan fingerprint density at radius 2 is 2.18 bits per heavy atom. The number of esters is 1. The molecule has 0 N–H and O–H groups in total. The molecule has 0 amide bonds. The zero-order chi connectivity index (χ0) is 11.9. The van der Waals surface area contributed by atoms with Crippen molar-refractivity contribution in [2.24, 2.45) is 17.8 Å². The van der Waals surface area contributed by atoms with E-state index in [9.17, 15) is 4.79 Å². The first-order chi connectivity index (χ1) is 8.22. The van der Waals surface area contributed by atoms with Crippen LogP contribution in [0.1, 0.15) is 32.1 Å². The average Bonchev–Trinajstić information content (AvgIpc) is 3.18. The number of hydrogen-bond acceptors (Lipinski definition) is 3. The minimum atomic E-state index is -0.140. The van der Waals surface area contributed by atoms with Crippen molar-refractivity contribution in [2.45, 2.75) is 37.7 Å². The van der Waals surface area contributed by atoms with Crippen LogP contribution in [0.4, 0.5) is 0 Å². The molecule has 0 aromatic carbocycles. The average molecular weight is 236 g/mol. The molecule has 0 heterocycles. The lowest BCUT2D eigenvalue weighted by atomic mass is 9.69. The number of fused-ring (bicyclic) bond motifs is 2. The van der Waals surface area contributed by atoms with Gasteiger partial charge in [0.05, 0.1) is 5.92 Å². The van der Waals surface area contributed by atoms with Crippen LogP contribution in [0, 0.1) is 17.8 Å². The number of allylic oxidation sites excluding steroid dienone is 2. The van der Waals surface area contributed by atoms with Gasteiger partial charge in [-0.25, -0.2) is 0 Å². The van der Waals surface area contributed by atoms with Crippen molar-refractivity contribution in [2.75, 3.05) is 13.7 Å². The van der Waals surface area contributed by atoms with E-state index >= 15 is 0 Å². The van der Waals surface area contributed by atoms with Crippen molar-refractivity contribution in [1.82, 2.24) is 0 Å². The Kier molecular flexibility index (Phi) is 2.74. The normalized spacial score (nSPS) is 36.9. The number of carbonyl (C=O) groups excluding carboxylic acids is 1. The molecule has 2 fully saturated rings. The van der Waals surface area contributed by atoms with E-state index in [2.05, 4.69) is 12.2 Å². The summed E-state index contributed by atoms with van der Waals surface area (Å²) < 4.78 is 10.8. The van der Waals surface area contributed by atoms with Gasteiger partial charge in [-0.3, -0.25) is 4.79 Å². The Morgan fingerprint density at radius 1 is 1.35 bits per heavy atom. The highest BCUT2D eigenvalue weighted by Gasteiger charge is 2.45. The van der Waals surface area contributed by atoms with E-state index in [0.717, 1.165) is 25.7 Å². The molecule has 3 atom stereocenters. The second kappa shape index (κ2) is 4.13. The van der Waals surface area contributed by atoms with E-state index in [1.165, 1.54) is 6.42 Å². The summed E-state index contributed by atoms with van der Waals surface area (Å²) in [5, 5.41) is 0. The lowest BCUT2D eigenvalue weighted by Crippen LogP contribution is -2.35. The standard InChI is InChI=1S/C14H20O3/c1-16-14(6-7-14)9-17-13(15)12-8-10-2-4-11(12)5-3-10/h2,4,10-12H,3,5-9H2,1H3/t10-,11+,12-/m1/s1. The van der Waals surface area contributed by atoms with Crippen LogP contribution in [0.25, 0.3) is 0 Å². The SMILES string of the molecule is COC1(COC(=O)[C@@H]2C[C@@H]3C=C[C@H]2CC3)CC1. The van der Waals surface area contributed by atoms with Crippen LogP contribution in [-0.2, 0) is 14.3 Å². The third kappa shape index (κ3) is 2.13. The van der Waals surface area contributed by atoms with Crippen LogP contribution in [-0.4, -0.2) is 25.3 Å². The van der Waals surface area contributed by atoms with Crippen LogP contribution in [0.15, 0.2) is 12.2 Å². The summed E-state index contributed by atoms with van der Waals surface area (Å²) in [7, 11) is 1.70. The molecule has 0 aliphatic heterocycles. The maximum Gasteiger partial charge on any atom is 0.309 e. The van der Waals surface area contributed by atoms with Gasteiger partial charge in [0, 0.05) is 7.11 Å². The number of ether oxygens (including phenoxy) is 2. The molecule has 0 aromatic heterocycles. The number of rotatable bonds is 4. The first-order valence-electron chi connectivity index (χ1n) is 6.62. The summed E-state index contributed by atoms with van der Waals surface area (Å²) in [5.74, 6) is 1.12. The predicted octanol–water partition coefficient (Wildman–Crippen LogP) is 2.31. The Morgan fingerprint density at radius 3 is 2.65 bits per heavy atom. The van der Waals surface area contributed by atoms with E-state index in [1.807, 2.05) is 0 Å². The van der Waals surface area contributed by atoms with Crippen molar-refractivity contribution < 1.29 is 14.3 Å². The molecule has 0 radical (unpaired) electrons. The molecule has 0 aromatic rings. The van der Waals surface area contributed by atoms with Crippen LogP contribution < -0.4 is 0 Å². The first kappa shape index (κ1) is 11.3. The Hall–Kier alpha value is -0.830. The van der Waals surface area contributed by atoms with Gasteiger partial charge in [0.2, 0.25) is 0 Å². The third-order valence-corrected chi connectivity index (χ3v) is 4.60. The summed E-state index contributed by atoms with van der Waals surface area (Å²) >= 11 is 0. The van der Waals surface area contributed by atoms with Crippen LogP contribution >= 0.6 is 0 Å². The summed E-state index contributed by atoms with van der Waals surface area (Å²) in [5.41, 5.74) is -0.140. The highest BCUT2D eigenvalue weighted by molar-refractivity contribution is 5.73. The number of methoxy groups -OCH3 is 1. The molecular weight excluding hydrogens is 216 g/mol. The van der Waals surface area contributed by atoms with E-state index in [-0.39, 0.29) is 17.5 Å². The number of carbonyl (C=O) groups is 1. The fraction of sp³-hybridized carbons (Fsp3) is 0.786. The van der Waals surface area contributed by atoms with Gasteiger partial charge < -0.3 is 9.47 Å². The van der Waals surface area contributed by atoms with Crippen molar-refractivity contribution in [3.05, 3.63) is 12.2 Å². The minimum Gasteiger partial charge on any atom is -0.462 e. The molecule has 4 aliphatic rings. The topological polar surface area (TPSA) is 35.5 Å². The summed E-state index contributed by atoms with van der Waals surface area (Å²) in [6, 6.07) is 0. The molecule has 2 saturated carbocycles. The lowest BCUT2D eigenvalue weighted by molar-refractivity contribution is -0.156. The monoisotopic (exact) mass is 236 g/mol. The molecule has 4 aliphatic carbocycles. The lowest BCUT2D eigenvalue weighted by Gasteiger charge is -2.36. The maximum absolute atomic E-state index is 12.1. The van der Waals surface area contributed by atoms with Gasteiger partial charge in [-0.05, 0) is 43.9 Å². The molecule has 3 heteroatoms. The zero-order valence-electron chi connectivity index (χ0n) is 10.4. The highest BCUT2D eigenvalue weighted by atomic mass is 16.6. The maximum atomic E-state index is 12.1. The first-order valence-corrected chi connectivity index (χ1v) is 6.62. The largest absolute Gasteiger partial charge is 0.462 e. The van der Waals surface area contributed by atoms with Gasteiger partial charge in [0.1, 0.15) is 12.2 Å². The Labute approximate surface area is 102 Å². The molecule has 0 spiro atoms. The van der Waals surface area contributed by atoms with Crippen molar-refractivity contribution in [1.29, 1.82) is 0 Å². The fourth-order valence-corrected chi connectivity index (χ4v) is 3.06. The summed E-state index contributed by atoms with van der Waals surface area (Å²) in [4.78, 5) is 12.1. The van der Waals surface area contributed by atoms with Crippen molar-refractivity contribution >= 4 is 5.97 Å². The van der Waals surface area contributed by atoms with Gasteiger partial charge in [-0.1, -0.05) is 12.2 Å². The Bertz CT molecular complexity index is 343. The molecule has 3 nitrogen and oxygen atoms in total. The molecule has 17 heavy (non-hydrogen) atoms. The number of hydrogen-bond donors (Lipinski definition) is 0. The third-order valence-electron chi connectivity index (χ3n) is 4.60. The van der Waals surface area contributed by atoms with Gasteiger partial charge in [0.25, 0.3) is 0 Å². The smallest absolute Gasteiger partial charge is 0.309 e. The van der Waals surface area contributed by atoms with Crippen LogP contribution in [0.3, 0.4) is 0 Å². The quantitative estimate of drug-likeness (QED) is 0.555. The summed E-state index contributed by atoms with van der Waals surface area (Å²) in [6.45, 7) is 0.444. The van der Waals surface area contributed by atoms with Crippen LogP contribution in [0.2, 0.25) is 0 Å². The summed E-state index contributed by atoms with van der Waals surface area (Å²) in [6.07, 6.45) is 9.91. The predicted molar refractivity (Wildman–Crippen MR) is 63.4 cm³/mol. The van der Waals surface area contributed by atoms with E-state index < -0.39 is 0 Å². The minimum absolute atomic E-state index is 0.00706. The van der Waals surface area contributed by atoms with E-state index in [0.29, 0.717) is 18.4 Å². The van der Waals surface area contributed by atoms with Crippen molar-refractivity contribution in [3.63, 3.8) is 0 Å². The molecule has 0 saturated heterocycles. The highest BCUT2D eigenvalue weighted by Crippen LogP contribution is 2.42. The van der Waals surface area contributed by atoms with Gasteiger partial charge in [0.15, 0.2) is 0 Å². The molecule has 2 bridgehead atoms. The molecular formula is C14H20O3. The van der Waals surface area contributed by atoms with E-state index in [4.69, 9.17) is 9.47 Å².